The Balaban J connectivity index is 1.97. The lowest BCUT2D eigenvalue weighted by molar-refractivity contribution is 0.511. The molecule has 2 N–H and O–H groups in total. The summed E-state index contributed by atoms with van der Waals surface area (Å²) in [7, 11) is -3.79. The maximum atomic E-state index is 12.3. The Labute approximate surface area is 184 Å². The molecule has 3 aromatic rings. The standard InChI is InChI=1S/C23H31N3O2S2/c1-15(2)13-19-16(3)20(21(29-19)30(24,27)28)18-9-7-17(8-10-18)14-26-12-11-25-22(26)23(4,5)6/h7-12,15H,13-14H2,1-6H3,(H2,24,27,28). The molecule has 0 radical (unpaired) electrons. The van der Waals surface area contributed by atoms with E-state index in [9.17, 15) is 8.42 Å². The summed E-state index contributed by atoms with van der Waals surface area (Å²) in [5, 5.41) is 5.56. The minimum atomic E-state index is -3.79. The molecule has 3 rings (SSSR count). The first-order valence-corrected chi connectivity index (χ1v) is 12.5. The first-order valence-electron chi connectivity index (χ1n) is 10.1. The van der Waals surface area contributed by atoms with Crippen LogP contribution in [0, 0.1) is 12.8 Å². The largest absolute Gasteiger partial charge is 0.330 e. The second-order valence-electron chi connectivity index (χ2n) is 9.28. The molecule has 0 aliphatic heterocycles. The topological polar surface area (TPSA) is 78.0 Å². The van der Waals surface area contributed by atoms with E-state index in [0.717, 1.165) is 45.9 Å². The second-order valence-corrected chi connectivity index (χ2v) is 12.1. The van der Waals surface area contributed by atoms with Gasteiger partial charge in [0.05, 0.1) is 0 Å². The highest BCUT2D eigenvalue weighted by molar-refractivity contribution is 7.91. The van der Waals surface area contributed by atoms with Crippen LogP contribution in [0.5, 0.6) is 0 Å². The summed E-state index contributed by atoms with van der Waals surface area (Å²) in [5.41, 5.74) is 3.73. The number of primary sulfonamides is 1. The summed E-state index contributed by atoms with van der Waals surface area (Å²) in [6.45, 7) is 13.4. The average Bonchev–Trinajstić information content (AvgIpc) is 3.20. The van der Waals surface area contributed by atoms with Crippen LogP contribution in [0.3, 0.4) is 0 Å². The highest BCUT2D eigenvalue weighted by Gasteiger charge is 2.24. The predicted molar refractivity (Wildman–Crippen MR) is 124 cm³/mol. The third kappa shape index (κ3) is 4.85. The zero-order valence-electron chi connectivity index (χ0n) is 18.6. The summed E-state index contributed by atoms with van der Waals surface area (Å²) < 4.78 is 26.9. The Morgan fingerprint density at radius 3 is 2.33 bits per heavy atom. The molecule has 0 atom stereocenters. The number of benzene rings is 1. The van der Waals surface area contributed by atoms with E-state index in [1.165, 1.54) is 11.3 Å². The first-order chi connectivity index (χ1) is 13.9. The minimum Gasteiger partial charge on any atom is -0.330 e. The number of aromatic nitrogens is 2. The number of thiophene rings is 1. The fourth-order valence-corrected chi connectivity index (χ4v) is 6.28. The number of imidazole rings is 1. The molecule has 30 heavy (non-hydrogen) atoms. The highest BCUT2D eigenvalue weighted by Crippen LogP contribution is 2.40. The molecule has 0 amide bonds. The van der Waals surface area contributed by atoms with Crippen molar-refractivity contribution in [2.75, 3.05) is 0 Å². The van der Waals surface area contributed by atoms with Crippen LogP contribution in [-0.2, 0) is 28.4 Å². The van der Waals surface area contributed by atoms with E-state index >= 15 is 0 Å². The molecule has 0 unspecified atom stereocenters. The fraction of sp³-hybridized carbons (Fsp3) is 0.435. The molecule has 2 heterocycles. The van der Waals surface area contributed by atoms with Gasteiger partial charge in [-0.1, -0.05) is 58.9 Å². The van der Waals surface area contributed by atoms with Gasteiger partial charge < -0.3 is 4.57 Å². The SMILES string of the molecule is Cc1c(CC(C)C)sc(S(N)(=O)=O)c1-c1ccc(Cn2ccnc2C(C)(C)C)cc1. The van der Waals surface area contributed by atoms with E-state index in [1.807, 2.05) is 43.6 Å². The smallest absolute Gasteiger partial charge is 0.248 e. The van der Waals surface area contributed by atoms with Gasteiger partial charge >= 0.3 is 0 Å². The van der Waals surface area contributed by atoms with Crippen LogP contribution in [0.2, 0.25) is 0 Å². The molecular formula is C23H31N3O2S2. The molecule has 162 valence electrons. The van der Waals surface area contributed by atoms with Gasteiger partial charge in [0.2, 0.25) is 10.0 Å². The third-order valence-corrected chi connectivity index (χ3v) is 7.82. The molecule has 0 spiro atoms. The molecule has 0 fully saturated rings. The Morgan fingerprint density at radius 1 is 1.17 bits per heavy atom. The quantitative estimate of drug-likeness (QED) is 0.572. The van der Waals surface area contributed by atoms with Gasteiger partial charge in [-0.15, -0.1) is 11.3 Å². The molecule has 0 bridgehead atoms. The van der Waals surface area contributed by atoms with Gasteiger partial charge in [-0.05, 0) is 36.0 Å². The van der Waals surface area contributed by atoms with Crippen LogP contribution in [-0.4, -0.2) is 18.0 Å². The van der Waals surface area contributed by atoms with E-state index in [4.69, 9.17) is 5.14 Å². The molecule has 2 aromatic heterocycles. The van der Waals surface area contributed by atoms with Gasteiger partial charge in [0.1, 0.15) is 10.0 Å². The van der Waals surface area contributed by atoms with Crippen molar-refractivity contribution in [3.8, 4) is 11.1 Å². The summed E-state index contributed by atoms with van der Waals surface area (Å²) in [6, 6.07) is 8.08. The molecule has 5 nitrogen and oxygen atoms in total. The van der Waals surface area contributed by atoms with Crippen molar-refractivity contribution >= 4 is 21.4 Å². The molecule has 0 aliphatic carbocycles. The van der Waals surface area contributed by atoms with Crippen LogP contribution in [0.1, 0.15) is 56.4 Å². The Kier molecular flexibility index (Phi) is 6.28. The van der Waals surface area contributed by atoms with Gasteiger partial charge in [0, 0.05) is 34.8 Å². The monoisotopic (exact) mass is 445 g/mol. The average molecular weight is 446 g/mol. The molecule has 0 saturated heterocycles. The lowest BCUT2D eigenvalue weighted by atomic mass is 9.95. The number of nitrogens with two attached hydrogens (primary N) is 1. The molecule has 7 heteroatoms. The fourth-order valence-electron chi connectivity index (χ4n) is 3.69. The van der Waals surface area contributed by atoms with Crippen molar-refractivity contribution in [3.63, 3.8) is 0 Å². The molecule has 0 aliphatic rings. The second kappa shape index (κ2) is 8.29. The van der Waals surface area contributed by atoms with Gasteiger partial charge in [-0.3, -0.25) is 0 Å². The summed E-state index contributed by atoms with van der Waals surface area (Å²) in [5.74, 6) is 1.48. The first kappa shape index (κ1) is 22.7. The van der Waals surface area contributed by atoms with Crippen LogP contribution < -0.4 is 5.14 Å². The van der Waals surface area contributed by atoms with Crippen molar-refractivity contribution < 1.29 is 8.42 Å². The van der Waals surface area contributed by atoms with Crippen molar-refractivity contribution in [2.45, 2.75) is 64.1 Å². The third-order valence-electron chi connectivity index (χ3n) is 5.05. The Morgan fingerprint density at radius 2 is 1.80 bits per heavy atom. The van der Waals surface area contributed by atoms with E-state index in [2.05, 4.69) is 44.2 Å². The Bertz CT molecular complexity index is 1130. The Hall–Kier alpha value is -1.96. The number of nitrogens with zero attached hydrogens (tertiary/aromatic N) is 2. The molecular weight excluding hydrogens is 414 g/mol. The maximum Gasteiger partial charge on any atom is 0.248 e. The molecule has 1 aromatic carbocycles. The van der Waals surface area contributed by atoms with Crippen molar-refractivity contribution in [1.29, 1.82) is 0 Å². The van der Waals surface area contributed by atoms with Crippen LogP contribution >= 0.6 is 11.3 Å². The lowest BCUT2D eigenvalue weighted by Gasteiger charge is -2.20. The number of sulfonamides is 1. The summed E-state index contributed by atoms with van der Waals surface area (Å²) in [6.07, 6.45) is 4.67. The van der Waals surface area contributed by atoms with E-state index < -0.39 is 10.0 Å². The van der Waals surface area contributed by atoms with E-state index in [0.29, 0.717) is 5.92 Å². The minimum absolute atomic E-state index is 0.0333. The van der Waals surface area contributed by atoms with Gasteiger partial charge in [0.15, 0.2) is 0 Å². The van der Waals surface area contributed by atoms with E-state index in [1.54, 1.807) is 0 Å². The van der Waals surface area contributed by atoms with Crippen LogP contribution in [0.4, 0.5) is 0 Å². The van der Waals surface area contributed by atoms with Crippen molar-refractivity contribution in [3.05, 3.63) is 58.5 Å². The number of hydrogen-bond donors (Lipinski definition) is 1. The number of rotatable bonds is 6. The maximum absolute atomic E-state index is 12.3. The zero-order chi connectivity index (χ0) is 22.3. The van der Waals surface area contributed by atoms with Crippen molar-refractivity contribution in [2.24, 2.45) is 11.1 Å². The molecule has 0 saturated carbocycles. The van der Waals surface area contributed by atoms with E-state index in [-0.39, 0.29) is 9.62 Å². The predicted octanol–water partition coefficient (Wildman–Crippen LogP) is 5.11. The summed E-state index contributed by atoms with van der Waals surface area (Å²) in [4.78, 5) is 5.59. The van der Waals surface area contributed by atoms with Crippen molar-refractivity contribution in [1.82, 2.24) is 9.55 Å². The van der Waals surface area contributed by atoms with Crippen LogP contribution in [0.25, 0.3) is 11.1 Å². The van der Waals surface area contributed by atoms with Crippen LogP contribution in [0.15, 0.2) is 40.9 Å². The summed E-state index contributed by atoms with van der Waals surface area (Å²) >= 11 is 1.30. The number of hydrogen-bond acceptors (Lipinski definition) is 4. The normalized spacial score (nSPS) is 12.7. The van der Waals surface area contributed by atoms with Gasteiger partial charge in [-0.25, -0.2) is 18.5 Å². The highest BCUT2D eigenvalue weighted by atomic mass is 32.2. The lowest BCUT2D eigenvalue weighted by Crippen LogP contribution is -2.19. The van der Waals surface area contributed by atoms with Gasteiger partial charge in [0.25, 0.3) is 0 Å². The zero-order valence-corrected chi connectivity index (χ0v) is 20.2. The van der Waals surface area contributed by atoms with Gasteiger partial charge in [-0.2, -0.15) is 0 Å².